The summed E-state index contributed by atoms with van der Waals surface area (Å²) in [7, 11) is 0. The monoisotopic (exact) mass is 233 g/mol. The molecule has 0 aliphatic heterocycles. The number of amides is 1. The Morgan fingerprint density at radius 1 is 1.41 bits per heavy atom. The summed E-state index contributed by atoms with van der Waals surface area (Å²) in [6.45, 7) is 6.27. The summed E-state index contributed by atoms with van der Waals surface area (Å²) < 4.78 is 1.82. The molecule has 0 saturated heterocycles. The molecule has 0 saturated carbocycles. The van der Waals surface area contributed by atoms with E-state index < -0.39 is 5.91 Å². The molecule has 0 aliphatic carbocycles. The maximum absolute atomic E-state index is 11.1. The maximum atomic E-state index is 11.1. The Bertz CT molecular complexity index is 502. The van der Waals surface area contributed by atoms with E-state index in [-0.39, 0.29) is 0 Å². The van der Waals surface area contributed by atoms with E-state index in [4.69, 9.17) is 5.73 Å². The molecule has 0 spiro atoms. The minimum atomic E-state index is -0.441. The van der Waals surface area contributed by atoms with Crippen molar-refractivity contribution in [1.82, 2.24) is 9.38 Å². The third kappa shape index (κ3) is 3.06. The Hall–Kier alpha value is -1.84. The fourth-order valence-electron chi connectivity index (χ4n) is 1.43. The normalized spacial score (nSPS) is 9.82. The number of hydrogen-bond acceptors (Lipinski definition) is 2. The molecule has 2 heterocycles. The number of rotatable bonds is 2. The molecular weight excluding hydrogens is 214 g/mol. The predicted octanol–water partition coefficient (Wildman–Crippen LogP) is 2.41. The minimum Gasteiger partial charge on any atom is -0.365 e. The number of nitrogens with two attached hydrogens (primary N) is 1. The lowest BCUT2D eigenvalue weighted by Crippen LogP contribution is -2.12. The summed E-state index contributed by atoms with van der Waals surface area (Å²) in [6, 6.07) is 3.47. The standard InChI is InChI=1S/C10H11N3O.C3H8/c1-2-7-6-13-5-3-4-8(9(11)14)10(13)12-7;1-3-2/h3-6H,2H2,1H3,(H2,11,14);3H2,1-2H3. The summed E-state index contributed by atoms with van der Waals surface area (Å²) in [5.74, 6) is -0.441. The Morgan fingerprint density at radius 2 is 2.06 bits per heavy atom. The molecule has 0 aromatic carbocycles. The van der Waals surface area contributed by atoms with Crippen LogP contribution < -0.4 is 5.73 Å². The largest absolute Gasteiger partial charge is 0.365 e. The van der Waals surface area contributed by atoms with Crippen LogP contribution >= 0.6 is 0 Å². The van der Waals surface area contributed by atoms with Gasteiger partial charge in [0.15, 0.2) is 0 Å². The minimum absolute atomic E-state index is 0.441. The summed E-state index contributed by atoms with van der Waals surface area (Å²) in [5, 5.41) is 0. The van der Waals surface area contributed by atoms with Crippen LogP contribution in [0, 0.1) is 0 Å². The first-order valence-electron chi connectivity index (χ1n) is 5.90. The highest BCUT2D eigenvalue weighted by atomic mass is 16.1. The van der Waals surface area contributed by atoms with Gasteiger partial charge in [-0.25, -0.2) is 4.98 Å². The Morgan fingerprint density at radius 3 is 2.59 bits per heavy atom. The zero-order valence-electron chi connectivity index (χ0n) is 10.6. The Kier molecular flexibility index (Phi) is 4.69. The molecule has 0 fully saturated rings. The lowest BCUT2D eigenvalue weighted by molar-refractivity contribution is 0.100. The van der Waals surface area contributed by atoms with Gasteiger partial charge in [-0.15, -0.1) is 0 Å². The number of carbonyl (C=O) groups is 1. The first-order chi connectivity index (χ1) is 8.13. The molecule has 0 unspecified atom stereocenters. The molecule has 0 radical (unpaired) electrons. The van der Waals surface area contributed by atoms with Gasteiger partial charge in [0.2, 0.25) is 0 Å². The second kappa shape index (κ2) is 6.03. The van der Waals surface area contributed by atoms with Gasteiger partial charge in [-0.2, -0.15) is 0 Å². The summed E-state index contributed by atoms with van der Waals surface area (Å²) in [4.78, 5) is 15.4. The fraction of sp³-hybridized carbons (Fsp3) is 0.385. The van der Waals surface area contributed by atoms with Gasteiger partial charge < -0.3 is 10.1 Å². The van der Waals surface area contributed by atoms with Gasteiger partial charge in [0.1, 0.15) is 5.65 Å². The second-order valence-electron chi connectivity index (χ2n) is 3.81. The molecular formula is C13H19N3O. The Balaban J connectivity index is 0.000000437. The SMILES string of the molecule is CCC.CCc1cn2cccc(C(N)=O)c2n1. The first kappa shape index (κ1) is 13.2. The van der Waals surface area contributed by atoms with Crippen LogP contribution in [0.5, 0.6) is 0 Å². The number of imidazole rings is 1. The van der Waals surface area contributed by atoms with Crippen molar-refractivity contribution in [3.05, 3.63) is 35.8 Å². The molecule has 0 aliphatic rings. The van der Waals surface area contributed by atoms with Crippen LogP contribution in [0.2, 0.25) is 0 Å². The van der Waals surface area contributed by atoms with Gasteiger partial charge >= 0.3 is 0 Å². The van der Waals surface area contributed by atoms with Crippen molar-refractivity contribution in [2.75, 3.05) is 0 Å². The zero-order valence-corrected chi connectivity index (χ0v) is 10.6. The van der Waals surface area contributed by atoms with Crippen LogP contribution in [0.4, 0.5) is 0 Å². The van der Waals surface area contributed by atoms with E-state index in [0.29, 0.717) is 11.2 Å². The van der Waals surface area contributed by atoms with Gasteiger partial charge in [0, 0.05) is 12.4 Å². The van der Waals surface area contributed by atoms with E-state index in [0.717, 1.165) is 12.1 Å². The van der Waals surface area contributed by atoms with Crippen molar-refractivity contribution in [3.8, 4) is 0 Å². The van der Waals surface area contributed by atoms with Gasteiger partial charge in [0.25, 0.3) is 5.91 Å². The molecule has 2 N–H and O–H groups in total. The molecule has 0 bridgehead atoms. The van der Waals surface area contributed by atoms with Crippen molar-refractivity contribution < 1.29 is 4.79 Å². The fourth-order valence-corrected chi connectivity index (χ4v) is 1.43. The number of nitrogens with zero attached hydrogens (tertiary/aromatic N) is 2. The second-order valence-corrected chi connectivity index (χ2v) is 3.81. The highest BCUT2D eigenvalue weighted by Gasteiger charge is 2.08. The average molecular weight is 233 g/mol. The van der Waals surface area contributed by atoms with Gasteiger partial charge in [0.05, 0.1) is 11.3 Å². The maximum Gasteiger partial charge on any atom is 0.252 e. The van der Waals surface area contributed by atoms with Crippen molar-refractivity contribution in [2.24, 2.45) is 5.73 Å². The number of pyridine rings is 1. The molecule has 2 aromatic rings. The van der Waals surface area contributed by atoms with Gasteiger partial charge in [-0.3, -0.25) is 4.79 Å². The van der Waals surface area contributed by atoms with Crippen molar-refractivity contribution in [1.29, 1.82) is 0 Å². The van der Waals surface area contributed by atoms with Crippen molar-refractivity contribution in [3.63, 3.8) is 0 Å². The van der Waals surface area contributed by atoms with E-state index >= 15 is 0 Å². The number of aryl methyl sites for hydroxylation is 1. The summed E-state index contributed by atoms with van der Waals surface area (Å²) in [6.07, 6.45) is 5.86. The van der Waals surface area contributed by atoms with Crippen LogP contribution in [0.1, 0.15) is 43.2 Å². The van der Waals surface area contributed by atoms with Crippen LogP contribution in [-0.4, -0.2) is 15.3 Å². The number of aromatic nitrogens is 2. The molecule has 1 amide bonds. The average Bonchev–Trinajstić information content (AvgIpc) is 2.72. The number of carbonyl (C=O) groups excluding carboxylic acids is 1. The van der Waals surface area contributed by atoms with Crippen LogP contribution in [0.3, 0.4) is 0 Å². The quantitative estimate of drug-likeness (QED) is 0.865. The highest BCUT2D eigenvalue weighted by molar-refractivity contribution is 5.98. The highest BCUT2D eigenvalue weighted by Crippen LogP contribution is 2.10. The van der Waals surface area contributed by atoms with Crippen LogP contribution in [0.15, 0.2) is 24.5 Å². The van der Waals surface area contributed by atoms with Crippen LogP contribution in [0.25, 0.3) is 5.65 Å². The topological polar surface area (TPSA) is 60.4 Å². The number of hydrogen-bond donors (Lipinski definition) is 1. The number of primary amides is 1. The van der Waals surface area contributed by atoms with E-state index in [9.17, 15) is 4.79 Å². The predicted molar refractivity (Wildman–Crippen MR) is 69.1 cm³/mol. The lowest BCUT2D eigenvalue weighted by atomic mass is 10.2. The van der Waals surface area contributed by atoms with Gasteiger partial charge in [-0.1, -0.05) is 27.2 Å². The molecule has 2 aromatic heterocycles. The first-order valence-corrected chi connectivity index (χ1v) is 5.90. The van der Waals surface area contributed by atoms with E-state index in [1.165, 1.54) is 6.42 Å². The third-order valence-corrected chi connectivity index (χ3v) is 2.16. The van der Waals surface area contributed by atoms with Crippen molar-refractivity contribution >= 4 is 11.6 Å². The van der Waals surface area contributed by atoms with Crippen LogP contribution in [-0.2, 0) is 6.42 Å². The summed E-state index contributed by atoms with van der Waals surface area (Å²) >= 11 is 0. The molecule has 0 atom stereocenters. The molecule has 2 rings (SSSR count). The number of fused-ring (bicyclic) bond motifs is 1. The van der Waals surface area contributed by atoms with E-state index in [1.54, 1.807) is 12.1 Å². The molecule has 4 nitrogen and oxygen atoms in total. The van der Waals surface area contributed by atoms with Crippen molar-refractivity contribution in [2.45, 2.75) is 33.6 Å². The molecule has 92 valence electrons. The van der Waals surface area contributed by atoms with Gasteiger partial charge in [-0.05, 0) is 18.6 Å². The Labute approximate surface area is 101 Å². The smallest absolute Gasteiger partial charge is 0.252 e. The van der Waals surface area contributed by atoms with E-state index in [2.05, 4.69) is 18.8 Å². The van der Waals surface area contributed by atoms with E-state index in [1.807, 2.05) is 23.7 Å². The lowest BCUT2D eigenvalue weighted by Gasteiger charge is -1.97. The zero-order chi connectivity index (χ0) is 12.8. The molecule has 17 heavy (non-hydrogen) atoms. The third-order valence-electron chi connectivity index (χ3n) is 2.16. The molecule has 4 heteroatoms. The summed E-state index contributed by atoms with van der Waals surface area (Å²) in [5.41, 5.74) is 7.30.